The lowest BCUT2D eigenvalue weighted by Gasteiger charge is -2.10. The largest absolute Gasteiger partial charge is 0.459 e. The molecule has 0 amide bonds. The lowest BCUT2D eigenvalue weighted by Crippen LogP contribution is -2.22. The highest BCUT2D eigenvalue weighted by Crippen LogP contribution is 2.10. The molecule has 0 bridgehead atoms. The van der Waals surface area contributed by atoms with Crippen molar-refractivity contribution in [3.05, 3.63) is 35.4 Å². The van der Waals surface area contributed by atoms with E-state index in [1.807, 2.05) is 19.1 Å². The summed E-state index contributed by atoms with van der Waals surface area (Å²) in [6, 6.07) is 7.17. The summed E-state index contributed by atoms with van der Waals surface area (Å²) in [4.78, 5) is 11.6. The summed E-state index contributed by atoms with van der Waals surface area (Å²) in [5, 5.41) is 17.6. The van der Waals surface area contributed by atoms with Gasteiger partial charge in [0.05, 0.1) is 12.2 Å². The maximum Gasteiger partial charge on any atom is 0.338 e. The van der Waals surface area contributed by atoms with E-state index in [9.17, 15) is 4.79 Å². The number of rotatable bonds is 5. The quantitative estimate of drug-likeness (QED) is 0.725. The minimum absolute atomic E-state index is 0.187. The number of carbonyl (C=O) groups is 1. The van der Waals surface area contributed by atoms with E-state index in [-0.39, 0.29) is 6.61 Å². The van der Waals surface area contributed by atoms with Gasteiger partial charge in [-0.25, -0.2) is 4.79 Å². The van der Waals surface area contributed by atoms with E-state index in [2.05, 4.69) is 0 Å². The molecule has 0 aromatic heterocycles. The van der Waals surface area contributed by atoms with E-state index < -0.39 is 18.7 Å². The molecule has 0 saturated heterocycles. The molecule has 0 fully saturated rings. The maximum absolute atomic E-state index is 11.6. The molecule has 1 aromatic rings. The second-order valence-corrected chi connectivity index (χ2v) is 3.45. The predicted molar refractivity (Wildman–Crippen MR) is 59.2 cm³/mol. The van der Waals surface area contributed by atoms with Crippen LogP contribution in [0.4, 0.5) is 0 Å². The third-order valence-corrected chi connectivity index (χ3v) is 2.24. The van der Waals surface area contributed by atoms with Crippen LogP contribution < -0.4 is 0 Å². The molecule has 0 heterocycles. The Kier molecular flexibility index (Phi) is 4.95. The van der Waals surface area contributed by atoms with Crippen LogP contribution in [-0.4, -0.2) is 35.5 Å². The number of hydrogen-bond acceptors (Lipinski definition) is 4. The van der Waals surface area contributed by atoms with Crippen LogP contribution in [0.5, 0.6) is 0 Å². The predicted octanol–water partition coefficient (Wildman–Crippen LogP) is 0.759. The van der Waals surface area contributed by atoms with Gasteiger partial charge in [-0.2, -0.15) is 0 Å². The third kappa shape index (κ3) is 3.32. The van der Waals surface area contributed by atoms with Gasteiger partial charge >= 0.3 is 5.97 Å². The molecule has 2 N–H and O–H groups in total. The van der Waals surface area contributed by atoms with Crippen molar-refractivity contribution in [2.24, 2.45) is 0 Å². The summed E-state index contributed by atoms with van der Waals surface area (Å²) in [7, 11) is 0. The van der Waals surface area contributed by atoms with Gasteiger partial charge in [-0.3, -0.25) is 0 Å². The van der Waals surface area contributed by atoms with Crippen LogP contribution in [0.2, 0.25) is 0 Å². The number of esters is 1. The fourth-order valence-corrected chi connectivity index (χ4v) is 1.33. The summed E-state index contributed by atoms with van der Waals surface area (Å²) >= 11 is 0. The lowest BCUT2D eigenvalue weighted by molar-refractivity contribution is 0.00925. The van der Waals surface area contributed by atoms with Gasteiger partial charge in [-0.05, 0) is 18.1 Å². The Morgan fingerprint density at radius 2 is 2.12 bits per heavy atom. The van der Waals surface area contributed by atoms with Crippen LogP contribution >= 0.6 is 0 Å². The van der Waals surface area contributed by atoms with Gasteiger partial charge in [0.1, 0.15) is 12.7 Å². The molecule has 16 heavy (non-hydrogen) atoms. The van der Waals surface area contributed by atoms with Crippen molar-refractivity contribution in [3.8, 4) is 0 Å². The van der Waals surface area contributed by atoms with Crippen LogP contribution in [0.15, 0.2) is 24.3 Å². The summed E-state index contributed by atoms with van der Waals surface area (Å²) in [5.74, 6) is -0.468. The molecular formula is C12H16O4. The topological polar surface area (TPSA) is 66.8 Å². The Labute approximate surface area is 94.5 Å². The van der Waals surface area contributed by atoms with Crippen molar-refractivity contribution in [1.29, 1.82) is 0 Å². The minimum atomic E-state index is -1.02. The molecule has 88 valence electrons. The van der Waals surface area contributed by atoms with Gasteiger partial charge in [-0.15, -0.1) is 0 Å². The van der Waals surface area contributed by atoms with E-state index in [0.29, 0.717) is 5.56 Å². The minimum Gasteiger partial charge on any atom is -0.459 e. The molecule has 4 nitrogen and oxygen atoms in total. The summed E-state index contributed by atoms with van der Waals surface area (Å²) in [5.41, 5.74) is 1.42. The monoisotopic (exact) mass is 224 g/mol. The molecule has 0 radical (unpaired) electrons. The van der Waals surface area contributed by atoms with E-state index in [0.717, 1.165) is 12.0 Å². The normalized spacial score (nSPS) is 12.2. The van der Waals surface area contributed by atoms with Gasteiger partial charge in [-0.1, -0.05) is 25.1 Å². The Morgan fingerprint density at radius 3 is 2.75 bits per heavy atom. The zero-order valence-corrected chi connectivity index (χ0v) is 9.22. The van der Waals surface area contributed by atoms with Crippen LogP contribution in [0.1, 0.15) is 22.8 Å². The number of aliphatic hydroxyl groups is 2. The molecule has 4 heteroatoms. The smallest absolute Gasteiger partial charge is 0.338 e. The molecule has 0 spiro atoms. The first kappa shape index (κ1) is 12.7. The summed E-state index contributed by atoms with van der Waals surface area (Å²) in [6.07, 6.45) is -0.272. The van der Waals surface area contributed by atoms with E-state index in [1.165, 1.54) is 0 Å². The van der Waals surface area contributed by atoms with Crippen LogP contribution in [-0.2, 0) is 11.2 Å². The van der Waals surface area contributed by atoms with Crippen LogP contribution in [0.25, 0.3) is 0 Å². The first-order valence-electron chi connectivity index (χ1n) is 5.23. The molecular weight excluding hydrogens is 208 g/mol. The molecule has 0 saturated carbocycles. The van der Waals surface area contributed by atoms with E-state index >= 15 is 0 Å². The van der Waals surface area contributed by atoms with Gasteiger partial charge < -0.3 is 14.9 Å². The molecule has 0 aliphatic carbocycles. The lowest BCUT2D eigenvalue weighted by atomic mass is 10.1. The number of ether oxygens (including phenoxy) is 1. The summed E-state index contributed by atoms with van der Waals surface area (Å²) in [6.45, 7) is 1.35. The zero-order chi connectivity index (χ0) is 12.0. The number of carbonyl (C=O) groups excluding carboxylic acids is 1. The molecule has 1 aromatic carbocycles. The van der Waals surface area contributed by atoms with Crippen molar-refractivity contribution < 1.29 is 19.7 Å². The molecule has 1 atom stereocenters. The Hall–Kier alpha value is -1.39. The zero-order valence-electron chi connectivity index (χ0n) is 9.22. The maximum atomic E-state index is 11.6. The second-order valence-electron chi connectivity index (χ2n) is 3.45. The average molecular weight is 224 g/mol. The van der Waals surface area contributed by atoms with E-state index in [1.54, 1.807) is 12.1 Å². The average Bonchev–Trinajstić information content (AvgIpc) is 2.35. The van der Waals surface area contributed by atoms with Crippen LogP contribution in [0, 0.1) is 0 Å². The highest BCUT2D eigenvalue weighted by molar-refractivity contribution is 5.91. The Balaban J connectivity index is 2.65. The number of hydrogen-bond donors (Lipinski definition) is 2. The van der Waals surface area contributed by atoms with Gasteiger partial charge in [0.2, 0.25) is 0 Å². The van der Waals surface area contributed by atoms with Crippen molar-refractivity contribution in [2.75, 3.05) is 13.2 Å². The van der Waals surface area contributed by atoms with Crippen molar-refractivity contribution in [1.82, 2.24) is 0 Å². The number of benzene rings is 1. The molecule has 0 aliphatic heterocycles. The Bertz CT molecular complexity index is 349. The first-order valence-corrected chi connectivity index (χ1v) is 5.23. The van der Waals surface area contributed by atoms with Gasteiger partial charge in [0.15, 0.2) is 0 Å². The van der Waals surface area contributed by atoms with Crippen molar-refractivity contribution in [3.63, 3.8) is 0 Å². The third-order valence-electron chi connectivity index (χ3n) is 2.24. The fraction of sp³-hybridized carbons (Fsp3) is 0.417. The number of aryl methyl sites for hydroxylation is 1. The summed E-state index contributed by atoms with van der Waals surface area (Å²) < 4.78 is 4.87. The second kappa shape index (κ2) is 6.25. The highest BCUT2D eigenvalue weighted by Gasteiger charge is 2.12. The van der Waals surface area contributed by atoms with Crippen molar-refractivity contribution >= 4 is 5.97 Å². The molecule has 1 rings (SSSR count). The molecule has 1 unspecified atom stereocenters. The van der Waals surface area contributed by atoms with E-state index in [4.69, 9.17) is 14.9 Å². The molecule has 0 aliphatic rings. The van der Waals surface area contributed by atoms with Crippen LogP contribution in [0.3, 0.4) is 0 Å². The standard InChI is InChI=1S/C12H16O4/c1-2-9-5-3-4-6-11(9)12(15)16-8-10(14)7-13/h3-6,10,13-14H,2,7-8H2,1H3. The Morgan fingerprint density at radius 1 is 1.44 bits per heavy atom. The van der Waals surface area contributed by atoms with Gasteiger partial charge in [0, 0.05) is 0 Å². The van der Waals surface area contributed by atoms with Gasteiger partial charge in [0.25, 0.3) is 0 Å². The van der Waals surface area contributed by atoms with Crippen molar-refractivity contribution in [2.45, 2.75) is 19.4 Å². The highest BCUT2D eigenvalue weighted by atomic mass is 16.5. The first-order chi connectivity index (χ1) is 7.69. The number of aliphatic hydroxyl groups excluding tert-OH is 2. The SMILES string of the molecule is CCc1ccccc1C(=O)OCC(O)CO. The fourth-order valence-electron chi connectivity index (χ4n) is 1.33.